The van der Waals surface area contributed by atoms with Crippen molar-refractivity contribution in [3.63, 3.8) is 0 Å². The minimum atomic E-state index is -0.159. The first-order chi connectivity index (χ1) is 10.3. The van der Waals surface area contributed by atoms with E-state index >= 15 is 0 Å². The summed E-state index contributed by atoms with van der Waals surface area (Å²) in [6, 6.07) is 4.67. The highest BCUT2D eigenvalue weighted by Crippen LogP contribution is 2.27. The van der Waals surface area contributed by atoms with Gasteiger partial charge in [-0.25, -0.2) is 14.9 Å². The highest BCUT2D eigenvalue weighted by molar-refractivity contribution is 7.99. The molecule has 2 N–H and O–H groups in total. The van der Waals surface area contributed by atoms with Gasteiger partial charge in [-0.1, -0.05) is 13.0 Å². The number of aromatic nitrogens is 4. The lowest BCUT2D eigenvalue weighted by molar-refractivity contribution is 0.603. The minimum Gasteiger partial charge on any atom is -0.310 e. The molecule has 2 aromatic rings. The lowest BCUT2D eigenvalue weighted by Crippen LogP contribution is -2.18. The summed E-state index contributed by atoms with van der Waals surface area (Å²) in [5, 5.41) is 11.7. The average molecular weight is 305 g/mol. The van der Waals surface area contributed by atoms with Gasteiger partial charge in [-0.2, -0.15) is 0 Å². The normalized spacial score (nSPS) is 14.5. The topological polar surface area (TPSA) is 75.6 Å². The standard InChI is InChI=1S/C14H19N5OS/c1-2-8-19-13(20)17-18-14(19)21-12-10(4-3-7-15-12)9-16-11-5-6-11/h3-4,7,11,16H,2,5-6,8-9H2,1H3,(H,17,20). The number of rotatable bonds is 7. The summed E-state index contributed by atoms with van der Waals surface area (Å²) in [4.78, 5) is 16.2. The lowest BCUT2D eigenvalue weighted by Gasteiger charge is -2.09. The average Bonchev–Trinajstić information content (AvgIpc) is 3.26. The molecule has 2 heterocycles. The molecule has 0 aliphatic heterocycles. The third-order valence-corrected chi connectivity index (χ3v) is 4.42. The number of H-pyrrole nitrogens is 1. The number of pyridine rings is 1. The van der Waals surface area contributed by atoms with Crippen molar-refractivity contribution >= 4 is 11.8 Å². The summed E-state index contributed by atoms with van der Waals surface area (Å²) in [7, 11) is 0. The Morgan fingerprint density at radius 2 is 2.38 bits per heavy atom. The fourth-order valence-corrected chi connectivity index (χ4v) is 3.01. The Morgan fingerprint density at radius 1 is 1.52 bits per heavy atom. The molecule has 21 heavy (non-hydrogen) atoms. The first-order valence-electron chi connectivity index (χ1n) is 7.28. The van der Waals surface area contributed by atoms with Gasteiger partial charge in [0.1, 0.15) is 5.03 Å². The quantitative estimate of drug-likeness (QED) is 0.815. The van der Waals surface area contributed by atoms with E-state index in [-0.39, 0.29) is 5.69 Å². The zero-order valence-corrected chi connectivity index (χ0v) is 12.8. The van der Waals surface area contributed by atoms with Crippen LogP contribution in [0.2, 0.25) is 0 Å². The van der Waals surface area contributed by atoms with Crippen molar-refractivity contribution in [2.45, 2.75) is 55.5 Å². The summed E-state index contributed by atoms with van der Waals surface area (Å²) in [6.07, 6.45) is 5.19. The molecule has 0 saturated heterocycles. The fourth-order valence-electron chi connectivity index (χ4n) is 2.08. The second kappa shape index (κ2) is 6.44. The van der Waals surface area contributed by atoms with Crippen LogP contribution >= 0.6 is 11.8 Å². The molecule has 0 bridgehead atoms. The zero-order chi connectivity index (χ0) is 14.7. The lowest BCUT2D eigenvalue weighted by atomic mass is 10.3. The Morgan fingerprint density at radius 3 is 3.14 bits per heavy atom. The van der Waals surface area contributed by atoms with Gasteiger partial charge in [0.2, 0.25) is 0 Å². The van der Waals surface area contributed by atoms with E-state index in [0.29, 0.717) is 17.7 Å². The number of aromatic amines is 1. The zero-order valence-electron chi connectivity index (χ0n) is 12.0. The third kappa shape index (κ3) is 3.54. The number of nitrogens with one attached hydrogen (secondary N) is 2. The van der Waals surface area contributed by atoms with Gasteiger partial charge in [0, 0.05) is 25.3 Å². The van der Waals surface area contributed by atoms with Crippen molar-refractivity contribution in [2.24, 2.45) is 0 Å². The van der Waals surface area contributed by atoms with Gasteiger partial charge < -0.3 is 5.32 Å². The van der Waals surface area contributed by atoms with Crippen LogP contribution in [-0.4, -0.2) is 25.8 Å². The van der Waals surface area contributed by atoms with Crippen LogP contribution in [0.1, 0.15) is 31.7 Å². The molecular weight excluding hydrogens is 286 g/mol. The minimum absolute atomic E-state index is 0.159. The predicted octanol–water partition coefficient (Wildman–Crippen LogP) is 1.78. The van der Waals surface area contributed by atoms with E-state index in [2.05, 4.69) is 26.6 Å². The molecule has 0 radical (unpaired) electrons. The van der Waals surface area contributed by atoms with Crippen LogP contribution in [0.3, 0.4) is 0 Å². The van der Waals surface area contributed by atoms with E-state index in [0.717, 1.165) is 23.6 Å². The number of hydrogen-bond acceptors (Lipinski definition) is 5. The monoisotopic (exact) mass is 305 g/mol. The number of hydrogen-bond donors (Lipinski definition) is 2. The van der Waals surface area contributed by atoms with E-state index in [1.165, 1.54) is 24.6 Å². The Hall–Kier alpha value is -1.60. The molecule has 7 heteroatoms. The van der Waals surface area contributed by atoms with Crippen LogP contribution in [0.5, 0.6) is 0 Å². The van der Waals surface area contributed by atoms with E-state index in [4.69, 9.17) is 0 Å². The van der Waals surface area contributed by atoms with Gasteiger partial charge in [0.15, 0.2) is 5.16 Å². The van der Waals surface area contributed by atoms with Crippen molar-refractivity contribution in [3.8, 4) is 0 Å². The first kappa shape index (κ1) is 14.3. The van der Waals surface area contributed by atoms with Crippen LogP contribution in [0.15, 0.2) is 33.3 Å². The smallest absolute Gasteiger partial charge is 0.310 e. The summed E-state index contributed by atoms with van der Waals surface area (Å²) < 4.78 is 1.66. The van der Waals surface area contributed by atoms with E-state index < -0.39 is 0 Å². The molecule has 3 rings (SSSR count). The summed E-state index contributed by atoms with van der Waals surface area (Å²) in [5.41, 5.74) is 0.987. The molecule has 1 fully saturated rings. The van der Waals surface area contributed by atoms with Crippen LogP contribution in [0.25, 0.3) is 0 Å². The van der Waals surface area contributed by atoms with Crippen LogP contribution < -0.4 is 11.0 Å². The maximum Gasteiger partial charge on any atom is 0.343 e. The fraction of sp³-hybridized carbons (Fsp3) is 0.500. The molecule has 1 aliphatic rings. The Labute approximate surface area is 127 Å². The second-order valence-corrected chi connectivity index (χ2v) is 6.14. The molecule has 0 spiro atoms. The maximum absolute atomic E-state index is 11.7. The summed E-state index contributed by atoms with van der Waals surface area (Å²) in [6.45, 7) is 3.52. The Bertz CT molecular complexity index is 661. The van der Waals surface area contributed by atoms with Gasteiger partial charge in [-0.15, -0.1) is 5.10 Å². The highest BCUT2D eigenvalue weighted by atomic mass is 32.2. The van der Waals surface area contributed by atoms with Crippen molar-refractivity contribution in [3.05, 3.63) is 34.4 Å². The molecular formula is C14H19N5OS. The van der Waals surface area contributed by atoms with Crippen LogP contribution in [0.4, 0.5) is 0 Å². The largest absolute Gasteiger partial charge is 0.343 e. The molecule has 1 aliphatic carbocycles. The number of nitrogens with zero attached hydrogens (tertiary/aromatic N) is 3. The second-order valence-electron chi connectivity index (χ2n) is 5.19. The van der Waals surface area contributed by atoms with E-state index in [9.17, 15) is 4.79 Å². The van der Waals surface area contributed by atoms with Crippen molar-refractivity contribution in [1.29, 1.82) is 0 Å². The SMILES string of the molecule is CCCn1c(Sc2ncccc2CNC2CC2)n[nH]c1=O. The molecule has 6 nitrogen and oxygen atoms in total. The predicted molar refractivity (Wildman–Crippen MR) is 81.4 cm³/mol. The molecule has 0 atom stereocenters. The molecule has 112 valence electrons. The van der Waals surface area contributed by atoms with Crippen molar-refractivity contribution in [1.82, 2.24) is 25.1 Å². The van der Waals surface area contributed by atoms with Crippen molar-refractivity contribution < 1.29 is 0 Å². The van der Waals surface area contributed by atoms with Crippen LogP contribution in [-0.2, 0) is 13.1 Å². The maximum atomic E-state index is 11.7. The third-order valence-electron chi connectivity index (χ3n) is 3.37. The molecule has 0 aromatic carbocycles. The van der Waals surface area contributed by atoms with Gasteiger partial charge >= 0.3 is 5.69 Å². The first-order valence-corrected chi connectivity index (χ1v) is 8.10. The van der Waals surface area contributed by atoms with Gasteiger partial charge in [0.25, 0.3) is 0 Å². The molecule has 0 amide bonds. The summed E-state index contributed by atoms with van der Waals surface area (Å²) in [5.74, 6) is 0. The van der Waals surface area contributed by atoms with Gasteiger partial charge in [-0.05, 0) is 42.7 Å². The summed E-state index contributed by atoms with van der Waals surface area (Å²) >= 11 is 1.44. The van der Waals surface area contributed by atoms with Gasteiger partial charge in [-0.3, -0.25) is 4.57 Å². The molecule has 0 unspecified atom stereocenters. The molecule has 2 aromatic heterocycles. The van der Waals surface area contributed by atoms with Gasteiger partial charge in [0.05, 0.1) is 0 Å². The Balaban J connectivity index is 1.78. The molecule has 1 saturated carbocycles. The highest BCUT2D eigenvalue weighted by Gasteiger charge is 2.21. The van der Waals surface area contributed by atoms with Crippen LogP contribution in [0, 0.1) is 0 Å². The Kier molecular flexibility index (Phi) is 4.40. The van der Waals surface area contributed by atoms with E-state index in [1.807, 2.05) is 13.0 Å². The van der Waals surface area contributed by atoms with E-state index in [1.54, 1.807) is 10.8 Å². The van der Waals surface area contributed by atoms with Crippen molar-refractivity contribution in [2.75, 3.05) is 0 Å².